The molecule has 0 fully saturated rings. The van der Waals surface area contributed by atoms with Crippen LogP contribution < -0.4 is 5.56 Å². The molecule has 3 rings (SSSR count). The zero-order valence-electron chi connectivity index (χ0n) is 13.7. The Bertz CT molecular complexity index is 1050. The first-order valence-electron chi connectivity index (χ1n) is 7.67. The Hall–Kier alpha value is -2.87. The van der Waals surface area contributed by atoms with E-state index in [0.717, 1.165) is 0 Å². The number of fused-ring (bicyclic) bond motifs is 1. The monoisotopic (exact) mass is 418 g/mol. The molecular formula is C18H15BrN2O5. The molecule has 2 aromatic heterocycles. The highest BCUT2D eigenvalue weighted by molar-refractivity contribution is 9.10. The maximum atomic E-state index is 13.0. The SMILES string of the molecule is COC(=O)C[C@@H](c1cccc(O)c1)c1c(O)nc2ccc(Br)cn2c1=O. The number of carbonyl (C=O) groups excluding carboxylic acids is 1. The highest BCUT2D eigenvalue weighted by Gasteiger charge is 2.27. The summed E-state index contributed by atoms with van der Waals surface area (Å²) >= 11 is 3.30. The third kappa shape index (κ3) is 3.41. The van der Waals surface area contributed by atoms with Crippen LogP contribution in [-0.2, 0) is 9.53 Å². The Morgan fingerprint density at radius 3 is 2.77 bits per heavy atom. The molecule has 0 amide bonds. The first kappa shape index (κ1) is 17.9. The normalized spacial score (nSPS) is 12.1. The Morgan fingerprint density at radius 1 is 1.31 bits per heavy atom. The van der Waals surface area contributed by atoms with Gasteiger partial charge in [0.2, 0.25) is 5.88 Å². The van der Waals surface area contributed by atoms with E-state index in [1.54, 1.807) is 24.3 Å². The smallest absolute Gasteiger partial charge is 0.306 e. The van der Waals surface area contributed by atoms with Crippen molar-refractivity contribution >= 4 is 27.5 Å². The van der Waals surface area contributed by atoms with Crippen molar-refractivity contribution in [1.82, 2.24) is 9.38 Å². The number of ether oxygens (including phenoxy) is 1. The summed E-state index contributed by atoms with van der Waals surface area (Å²) in [6.07, 6.45) is 1.34. The number of carbonyl (C=O) groups is 1. The summed E-state index contributed by atoms with van der Waals surface area (Å²) in [6, 6.07) is 9.43. The molecule has 0 aliphatic heterocycles. The quantitative estimate of drug-likeness (QED) is 0.631. The van der Waals surface area contributed by atoms with Gasteiger partial charge in [0.25, 0.3) is 5.56 Å². The predicted octanol–water partition coefficient (Wildman–Crippen LogP) is 2.56. The number of hydrogen-bond acceptors (Lipinski definition) is 6. The average molecular weight is 419 g/mol. The standard InChI is InChI=1S/C18H15BrN2O5/c1-26-15(23)8-13(10-3-2-4-12(22)7-10)16-17(24)20-14-6-5-11(19)9-21(14)18(16)25/h2-7,9,13,22,24H,8H2,1H3/t13-/m0/s1. The maximum absolute atomic E-state index is 13.0. The van der Waals surface area contributed by atoms with Crippen LogP contribution in [0.5, 0.6) is 11.6 Å². The number of rotatable bonds is 4. The van der Waals surface area contributed by atoms with Crippen molar-refractivity contribution in [1.29, 1.82) is 0 Å². The van der Waals surface area contributed by atoms with E-state index in [1.807, 2.05) is 0 Å². The van der Waals surface area contributed by atoms with Crippen LogP contribution >= 0.6 is 15.9 Å². The van der Waals surface area contributed by atoms with Crippen molar-refractivity contribution in [2.45, 2.75) is 12.3 Å². The number of hydrogen-bond donors (Lipinski definition) is 2. The fourth-order valence-electron chi connectivity index (χ4n) is 2.80. The Kier molecular flexibility index (Phi) is 4.94. The number of esters is 1. The third-order valence-corrected chi connectivity index (χ3v) is 4.49. The summed E-state index contributed by atoms with van der Waals surface area (Å²) < 4.78 is 6.66. The van der Waals surface area contributed by atoms with Crippen LogP contribution in [0.15, 0.2) is 51.9 Å². The van der Waals surface area contributed by atoms with E-state index in [0.29, 0.717) is 10.0 Å². The van der Waals surface area contributed by atoms with E-state index >= 15 is 0 Å². The summed E-state index contributed by atoms with van der Waals surface area (Å²) in [6.45, 7) is 0. The zero-order chi connectivity index (χ0) is 18.8. The number of benzene rings is 1. The highest BCUT2D eigenvalue weighted by Crippen LogP contribution is 2.32. The number of pyridine rings is 1. The zero-order valence-corrected chi connectivity index (χ0v) is 15.3. The first-order valence-corrected chi connectivity index (χ1v) is 8.46. The molecule has 0 saturated heterocycles. The molecule has 0 spiro atoms. The Morgan fingerprint density at radius 2 is 2.08 bits per heavy atom. The van der Waals surface area contributed by atoms with E-state index in [1.165, 1.54) is 29.8 Å². The Labute approximate surface area is 156 Å². The lowest BCUT2D eigenvalue weighted by atomic mass is 9.89. The molecule has 2 heterocycles. The molecule has 8 heteroatoms. The molecule has 0 radical (unpaired) electrons. The molecule has 1 atom stereocenters. The topological polar surface area (TPSA) is 101 Å². The van der Waals surface area contributed by atoms with Gasteiger partial charge in [0.15, 0.2) is 0 Å². The molecule has 0 aliphatic rings. The molecule has 0 aliphatic carbocycles. The molecule has 134 valence electrons. The number of phenols is 1. The second-order valence-corrected chi connectivity index (χ2v) is 6.57. The highest BCUT2D eigenvalue weighted by atomic mass is 79.9. The molecule has 3 aromatic rings. The minimum atomic E-state index is -0.828. The van der Waals surface area contributed by atoms with E-state index in [9.17, 15) is 19.8 Å². The second kappa shape index (κ2) is 7.17. The Balaban J connectivity index is 2.26. The summed E-state index contributed by atoms with van der Waals surface area (Å²) in [5.74, 6) is -1.87. The van der Waals surface area contributed by atoms with E-state index in [4.69, 9.17) is 4.74 Å². The van der Waals surface area contributed by atoms with Crippen molar-refractivity contribution in [2.75, 3.05) is 7.11 Å². The minimum absolute atomic E-state index is 0.0200. The average Bonchev–Trinajstić information content (AvgIpc) is 2.61. The summed E-state index contributed by atoms with van der Waals surface area (Å²) in [7, 11) is 1.24. The number of nitrogens with zero attached hydrogens (tertiary/aromatic N) is 2. The lowest BCUT2D eigenvalue weighted by molar-refractivity contribution is -0.140. The van der Waals surface area contributed by atoms with Gasteiger partial charge in [-0.2, -0.15) is 4.98 Å². The lowest BCUT2D eigenvalue weighted by Crippen LogP contribution is -2.24. The van der Waals surface area contributed by atoms with Crippen molar-refractivity contribution in [2.24, 2.45) is 0 Å². The predicted molar refractivity (Wildman–Crippen MR) is 97.4 cm³/mol. The molecule has 1 aromatic carbocycles. The molecule has 7 nitrogen and oxygen atoms in total. The molecule has 0 saturated carbocycles. The molecule has 2 N–H and O–H groups in total. The molecule has 0 bridgehead atoms. The molecule has 0 unspecified atom stereocenters. The first-order chi connectivity index (χ1) is 12.4. The van der Waals surface area contributed by atoms with Gasteiger partial charge < -0.3 is 14.9 Å². The van der Waals surface area contributed by atoms with E-state index in [2.05, 4.69) is 20.9 Å². The van der Waals surface area contributed by atoms with Crippen molar-refractivity contribution in [3.63, 3.8) is 0 Å². The van der Waals surface area contributed by atoms with Crippen LogP contribution in [0.1, 0.15) is 23.5 Å². The number of phenolic OH excluding ortho intramolecular Hbond substituents is 1. The van der Waals surface area contributed by atoms with Crippen LogP contribution in [0.2, 0.25) is 0 Å². The van der Waals surface area contributed by atoms with Gasteiger partial charge in [0.1, 0.15) is 11.4 Å². The van der Waals surface area contributed by atoms with Gasteiger partial charge in [-0.25, -0.2) is 0 Å². The largest absolute Gasteiger partial charge is 0.508 e. The van der Waals surface area contributed by atoms with Crippen molar-refractivity contribution < 1.29 is 19.7 Å². The van der Waals surface area contributed by atoms with Gasteiger partial charge in [-0.3, -0.25) is 14.0 Å². The van der Waals surface area contributed by atoms with Crippen LogP contribution in [0.3, 0.4) is 0 Å². The maximum Gasteiger partial charge on any atom is 0.306 e. The van der Waals surface area contributed by atoms with E-state index < -0.39 is 23.3 Å². The summed E-state index contributed by atoms with van der Waals surface area (Å²) in [5.41, 5.74) is 0.203. The number of halogens is 1. The molecule has 26 heavy (non-hydrogen) atoms. The van der Waals surface area contributed by atoms with Gasteiger partial charge in [-0.1, -0.05) is 12.1 Å². The van der Waals surface area contributed by atoms with Crippen LogP contribution in [0.25, 0.3) is 5.65 Å². The minimum Gasteiger partial charge on any atom is -0.508 e. The van der Waals surface area contributed by atoms with Crippen molar-refractivity contribution in [3.05, 3.63) is 68.5 Å². The van der Waals surface area contributed by atoms with Crippen LogP contribution in [0.4, 0.5) is 0 Å². The van der Waals surface area contributed by atoms with Gasteiger partial charge in [-0.15, -0.1) is 0 Å². The second-order valence-electron chi connectivity index (χ2n) is 5.66. The third-order valence-electron chi connectivity index (χ3n) is 4.02. The molecular weight excluding hydrogens is 404 g/mol. The van der Waals surface area contributed by atoms with Gasteiger partial charge in [0, 0.05) is 16.6 Å². The van der Waals surface area contributed by atoms with Gasteiger partial charge in [0.05, 0.1) is 19.1 Å². The van der Waals surface area contributed by atoms with Crippen LogP contribution in [-0.4, -0.2) is 32.7 Å². The number of aromatic hydroxyl groups is 2. The lowest BCUT2D eigenvalue weighted by Gasteiger charge is -2.18. The fourth-order valence-corrected chi connectivity index (χ4v) is 3.13. The summed E-state index contributed by atoms with van der Waals surface area (Å²) in [5, 5.41) is 20.2. The van der Waals surface area contributed by atoms with E-state index in [-0.39, 0.29) is 23.4 Å². The van der Waals surface area contributed by atoms with Gasteiger partial charge >= 0.3 is 5.97 Å². The number of methoxy groups -OCH3 is 1. The van der Waals surface area contributed by atoms with Crippen LogP contribution in [0, 0.1) is 0 Å². The fraction of sp³-hybridized carbons (Fsp3) is 0.167. The number of aromatic nitrogens is 2. The van der Waals surface area contributed by atoms with Gasteiger partial charge in [-0.05, 0) is 45.8 Å². The summed E-state index contributed by atoms with van der Waals surface area (Å²) in [4.78, 5) is 29.0. The van der Waals surface area contributed by atoms with Crippen molar-refractivity contribution in [3.8, 4) is 11.6 Å².